The van der Waals surface area contributed by atoms with Gasteiger partial charge in [-0.05, 0) is 18.1 Å². The Hall–Kier alpha value is -3.33. The van der Waals surface area contributed by atoms with Gasteiger partial charge in [0.15, 0.2) is 0 Å². The first-order valence-corrected chi connectivity index (χ1v) is 9.36. The Morgan fingerprint density at radius 1 is 1.25 bits per heavy atom. The number of carboxylic acid groups (broad SMARTS) is 1. The smallest absolute Gasteiger partial charge is 0.340 e. The van der Waals surface area contributed by atoms with Crippen molar-refractivity contribution in [1.82, 2.24) is 5.16 Å². The number of hydrogen-bond donors (Lipinski definition) is 4. The Kier molecular flexibility index (Phi) is 5.36. The van der Waals surface area contributed by atoms with E-state index in [1.165, 1.54) is 6.07 Å². The van der Waals surface area contributed by atoms with E-state index < -0.39 is 11.8 Å². The van der Waals surface area contributed by atoms with Crippen LogP contribution >= 0.6 is 11.3 Å². The minimum Gasteiger partial charge on any atom is -0.478 e. The van der Waals surface area contributed by atoms with Crippen molar-refractivity contribution in [1.29, 1.82) is 0 Å². The first-order valence-electron chi connectivity index (χ1n) is 8.54. The van der Waals surface area contributed by atoms with Crippen molar-refractivity contribution in [2.75, 3.05) is 23.3 Å². The maximum absolute atomic E-state index is 12.8. The average Bonchev–Trinajstić information content (AvgIpc) is 3.25. The van der Waals surface area contributed by atoms with Crippen LogP contribution in [0, 0.1) is 5.92 Å². The highest BCUT2D eigenvalue weighted by atomic mass is 32.1. The van der Waals surface area contributed by atoms with Crippen LogP contribution in [0.2, 0.25) is 0 Å². The van der Waals surface area contributed by atoms with Crippen molar-refractivity contribution >= 4 is 39.5 Å². The summed E-state index contributed by atoms with van der Waals surface area (Å²) in [4.78, 5) is 24.6. The molecule has 0 atom stereocenters. The molecule has 0 bridgehead atoms. The Balaban J connectivity index is 1.93. The number of carbonyl (C=O) groups excluding carboxylic acids is 1. The SMILES string of the molecule is CC(C)CNc1sc(C(=O)c2cc(-c3ccc(N)cc3)no2)c(N)c1C(=O)O. The number of nitrogens with two attached hydrogens (primary N) is 2. The summed E-state index contributed by atoms with van der Waals surface area (Å²) >= 11 is 0.996. The van der Waals surface area contributed by atoms with Crippen molar-refractivity contribution < 1.29 is 19.2 Å². The molecule has 6 N–H and O–H groups in total. The predicted octanol–water partition coefficient (Wildman–Crippen LogP) is 3.56. The summed E-state index contributed by atoms with van der Waals surface area (Å²) in [6.07, 6.45) is 0. The first-order chi connectivity index (χ1) is 13.3. The second-order valence-electron chi connectivity index (χ2n) is 6.66. The third-order valence-electron chi connectivity index (χ3n) is 3.98. The number of aromatic nitrogens is 1. The average molecular weight is 400 g/mol. The fourth-order valence-electron chi connectivity index (χ4n) is 2.53. The molecule has 3 rings (SSSR count). The van der Waals surface area contributed by atoms with E-state index in [4.69, 9.17) is 16.0 Å². The van der Waals surface area contributed by atoms with Gasteiger partial charge in [-0.2, -0.15) is 0 Å². The number of nitrogens with one attached hydrogen (secondary N) is 1. The summed E-state index contributed by atoms with van der Waals surface area (Å²) < 4.78 is 5.18. The van der Waals surface area contributed by atoms with Gasteiger partial charge in [0.25, 0.3) is 0 Å². The molecule has 2 aromatic heterocycles. The molecule has 0 spiro atoms. The molecule has 0 unspecified atom stereocenters. The quantitative estimate of drug-likeness (QED) is 0.348. The number of ketones is 1. The van der Waals surface area contributed by atoms with Crippen LogP contribution in [0.15, 0.2) is 34.9 Å². The largest absolute Gasteiger partial charge is 0.478 e. The summed E-state index contributed by atoms with van der Waals surface area (Å²) in [6, 6.07) is 8.45. The van der Waals surface area contributed by atoms with E-state index in [1.807, 2.05) is 13.8 Å². The van der Waals surface area contributed by atoms with Crippen molar-refractivity contribution in [2.45, 2.75) is 13.8 Å². The number of aromatic carboxylic acids is 1. The highest BCUT2D eigenvalue weighted by molar-refractivity contribution is 7.19. The van der Waals surface area contributed by atoms with E-state index in [0.717, 1.165) is 16.9 Å². The van der Waals surface area contributed by atoms with Crippen LogP contribution in [-0.4, -0.2) is 28.6 Å². The molecule has 0 fully saturated rings. The van der Waals surface area contributed by atoms with Crippen LogP contribution in [0.4, 0.5) is 16.4 Å². The van der Waals surface area contributed by atoms with Crippen LogP contribution in [0.1, 0.15) is 39.6 Å². The molecule has 1 aromatic carbocycles. The highest BCUT2D eigenvalue weighted by Gasteiger charge is 2.28. The number of rotatable bonds is 7. The number of carboxylic acids is 1. The van der Waals surface area contributed by atoms with Gasteiger partial charge in [0.2, 0.25) is 11.5 Å². The molecule has 9 heteroatoms. The second-order valence-corrected chi connectivity index (χ2v) is 7.68. The van der Waals surface area contributed by atoms with Gasteiger partial charge in [-0.1, -0.05) is 31.1 Å². The van der Waals surface area contributed by atoms with Crippen LogP contribution in [0.3, 0.4) is 0 Å². The lowest BCUT2D eigenvalue weighted by Crippen LogP contribution is -2.10. The first kappa shape index (κ1) is 19.4. The van der Waals surface area contributed by atoms with Crippen molar-refractivity contribution in [2.24, 2.45) is 5.92 Å². The Morgan fingerprint density at radius 3 is 2.54 bits per heavy atom. The van der Waals surface area contributed by atoms with Crippen molar-refractivity contribution in [3.63, 3.8) is 0 Å². The van der Waals surface area contributed by atoms with Gasteiger partial charge >= 0.3 is 5.97 Å². The second kappa shape index (κ2) is 7.73. The van der Waals surface area contributed by atoms with Crippen LogP contribution < -0.4 is 16.8 Å². The van der Waals surface area contributed by atoms with Crippen LogP contribution in [0.25, 0.3) is 11.3 Å². The number of hydrogen-bond acceptors (Lipinski definition) is 8. The maximum atomic E-state index is 12.8. The van der Waals surface area contributed by atoms with Gasteiger partial charge in [-0.3, -0.25) is 4.79 Å². The van der Waals surface area contributed by atoms with E-state index in [9.17, 15) is 14.7 Å². The maximum Gasteiger partial charge on any atom is 0.340 e. The van der Waals surface area contributed by atoms with Gasteiger partial charge in [-0.25, -0.2) is 4.79 Å². The van der Waals surface area contributed by atoms with Crippen molar-refractivity contribution in [3.8, 4) is 11.3 Å². The topological polar surface area (TPSA) is 144 Å². The molecule has 0 aliphatic heterocycles. The standard InChI is InChI=1S/C19H20N4O4S/c1-9(2)8-22-18-14(19(25)26)15(21)17(28-18)16(24)13-7-12(23-27-13)10-3-5-11(20)6-4-10/h3-7,9,22H,8,20-21H2,1-2H3,(H,25,26). The van der Waals surface area contributed by atoms with Crippen LogP contribution in [-0.2, 0) is 0 Å². The van der Waals surface area contributed by atoms with Gasteiger partial charge in [-0.15, -0.1) is 11.3 Å². The molecule has 0 aliphatic rings. The third-order valence-corrected chi connectivity index (χ3v) is 5.14. The summed E-state index contributed by atoms with van der Waals surface area (Å²) in [6.45, 7) is 4.53. The normalized spacial score (nSPS) is 11.0. The lowest BCUT2D eigenvalue weighted by Gasteiger charge is -2.07. The molecule has 0 saturated carbocycles. The predicted molar refractivity (Wildman–Crippen MR) is 109 cm³/mol. The zero-order chi connectivity index (χ0) is 20.4. The van der Waals surface area contributed by atoms with E-state index in [0.29, 0.717) is 28.8 Å². The number of benzene rings is 1. The minimum absolute atomic E-state index is 0.0212. The summed E-state index contributed by atoms with van der Waals surface area (Å²) in [5.41, 5.74) is 13.3. The molecule has 0 radical (unpaired) electrons. The highest BCUT2D eigenvalue weighted by Crippen LogP contribution is 2.37. The molecule has 3 aromatic rings. The number of thiophene rings is 1. The Morgan fingerprint density at radius 2 is 1.93 bits per heavy atom. The molecule has 2 heterocycles. The molecule has 28 heavy (non-hydrogen) atoms. The number of carbonyl (C=O) groups is 2. The molecule has 0 aliphatic carbocycles. The molecular weight excluding hydrogens is 380 g/mol. The molecule has 0 saturated heterocycles. The third kappa shape index (κ3) is 3.84. The van der Waals surface area contributed by atoms with Gasteiger partial charge in [0.1, 0.15) is 21.1 Å². The summed E-state index contributed by atoms with van der Waals surface area (Å²) in [7, 11) is 0. The van der Waals surface area contributed by atoms with Gasteiger partial charge < -0.3 is 26.4 Å². The van der Waals surface area contributed by atoms with E-state index in [-0.39, 0.29) is 21.9 Å². The summed E-state index contributed by atoms with van der Waals surface area (Å²) in [5.74, 6) is -1.44. The van der Waals surface area contributed by atoms with Crippen LogP contribution in [0.5, 0.6) is 0 Å². The van der Waals surface area contributed by atoms with Gasteiger partial charge in [0.05, 0.1) is 5.69 Å². The monoisotopic (exact) mass is 400 g/mol. The molecule has 146 valence electrons. The Labute approximate surface area is 165 Å². The van der Waals surface area contributed by atoms with E-state index in [2.05, 4.69) is 10.5 Å². The van der Waals surface area contributed by atoms with E-state index >= 15 is 0 Å². The zero-order valence-electron chi connectivity index (χ0n) is 15.4. The molecule has 8 nitrogen and oxygen atoms in total. The van der Waals surface area contributed by atoms with Gasteiger partial charge in [0, 0.05) is 23.9 Å². The lowest BCUT2D eigenvalue weighted by atomic mass is 10.1. The molecule has 0 amide bonds. The van der Waals surface area contributed by atoms with E-state index in [1.54, 1.807) is 24.3 Å². The number of anilines is 3. The number of nitrogen functional groups attached to an aromatic ring is 2. The summed E-state index contributed by atoms with van der Waals surface area (Å²) in [5, 5.41) is 16.8. The fraction of sp³-hybridized carbons (Fsp3) is 0.211. The zero-order valence-corrected chi connectivity index (χ0v) is 16.2. The lowest BCUT2D eigenvalue weighted by molar-refractivity contribution is 0.0699. The minimum atomic E-state index is -1.20. The molecular formula is C19H20N4O4S. The number of nitrogens with zero attached hydrogens (tertiary/aromatic N) is 1. The Bertz CT molecular complexity index is 1020. The fourth-order valence-corrected chi connectivity index (χ4v) is 3.59. The van der Waals surface area contributed by atoms with Crippen molar-refractivity contribution in [3.05, 3.63) is 46.5 Å².